The predicted molar refractivity (Wildman–Crippen MR) is 62.1 cm³/mol. The lowest BCUT2D eigenvalue weighted by Gasteiger charge is -2.05. The molecule has 0 aliphatic carbocycles. The number of hydrogen-bond donors (Lipinski definition) is 1. The zero-order valence-electron chi connectivity index (χ0n) is 8.78. The number of carboxylic acids is 1. The van der Waals surface area contributed by atoms with E-state index in [0.29, 0.717) is 29.8 Å². The molecule has 0 aliphatic rings. The minimum atomic E-state index is -0.933. The van der Waals surface area contributed by atoms with Crippen molar-refractivity contribution in [3.8, 4) is 0 Å². The van der Waals surface area contributed by atoms with E-state index >= 15 is 0 Å². The zero-order chi connectivity index (χ0) is 12.0. The summed E-state index contributed by atoms with van der Waals surface area (Å²) >= 11 is 5.51. The van der Waals surface area contributed by atoms with E-state index < -0.39 is 5.97 Å². The van der Waals surface area contributed by atoms with Crippen LogP contribution in [-0.4, -0.2) is 22.7 Å². The fourth-order valence-electron chi connectivity index (χ4n) is 1.47. The Kier molecular flexibility index (Phi) is 4.99. The van der Waals surface area contributed by atoms with Crippen molar-refractivity contribution in [2.75, 3.05) is 5.88 Å². The van der Waals surface area contributed by atoms with E-state index in [1.807, 2.05) is 0 Å². The molecule has 1 N–H and O–H groups in total. The molecule has 1 aromatic rings. The monoisotopic (exact) mass is 240 g/mol. The van der Waals surface area contributed by atoms with Crippen LogP contribution in [0.2, 0.25) is 0 Å². The molecule has 0 saturated heterocycles. The molecule has 0 bridgehead atoms. The van der Waals surface area contributed by atoms with E-state index in [4.69, 9.17) is 16.7 Å². The highest BCUT2D eigenvalue weighted by Gasteiger charge is 2.12. The van der Waals surface area contributed by atoms with E-state index in [-0.39, 0.29) is 12.2 Å². The van der Waals surface area contributed by atoms with Gasteiger partial charge < -0.3 is 5.11 Å². The summed E-state index contributed by atoms with van der Waals surface area (Å²) < 4.78 is 0. The molecule has 0 atom stereocenters. The molecule has 1 aromatic carbocycles. The third-order valence-corrected chi connectivity index (χ3v) is 2.46. The van der Waals surface area contributed by atoms with Crippen LogP contribution in [0.5, 0.6) is 0 Å². The fourth-order valence-corrected chi connectivity index (χ4v) is 1.61. The van der Waals surface area contributed by atoms with Crippen LogP contribution < -0.4 is 0 Å². The molecular formula is C12H13ClO3. The van der Waals surface area contributed by atoms with E-state index in [9.17, 15) is 9.59 Å². The normalized spacial score (nSPS) is 10.1. The Bertz CT molecular complexity index is 388. The standard InChI is InChI=1S/C12H13ClO3/c13-7-3-6-11(14)10-5-2-1-4-9(10)8-12(15)16/h1-2,4-5H,3,6-8H2,(H,15,16). The first-order valence-electron chi connectivity index (χ1n) is 5.04. The summed E-state index contributed by atoms with van der Waals surface area (Å²) in [4.78, 5) is 22.4. The Morgan fingerprint density at radius 1 is 1.25 bits per heavy atom. The average molecular weight is 241 g/mol. The van der Waals surface area contributed by atoms with Gasteiger partial charge in [-0.3, -0.25) is 9.59 Å². The number of alkyl halides is 1. The largest absolute Gasteiger partial charge is 0.481 e. The van der Waals surface area contributed by atoms with Crippen molar-refractivity contribution in [3.05, 3.63) is 35.4 Å². The SMILES string of the molecule is O=C(O)Cc1ccccc1C(=O)CCCCl. The second-order valence-electron chi connectivity index (χ2n) is 3.44. The molecule has 0 aromatic heterocycles. The van der Waals surface area contributed by atoms with Crippen LogP contribution >= 0.6 is 11.6 Å². The van der Waals surface area contributed by atoms with Crippen LogP contribution in [0.25, 0.3) is 0 Å². The van der Waals surface area contributed by atoms with Crippen molar-refractivity contribution in [2.24, 2.45) is 0 Å². The Morgan fingerprint density at radius 3 is 2.56 bits per heavy atom. The number of halogens is 1. The molecule has 0 aliphatic heterocycles. The third-order valence-electron chi connectivity index (χ3n) is 2.20. The number of carbonyl (C=O) groups is 2. The molecule has 0 amide bonds. The van der Waals surface area contributed by atoms with Crippen LogP contribution in [0, 0.1) is 0 Å². The predicted octanol–water partition coefficient (Wildman–Crippen LogP) is 2.52. The van der Waals surface area contributed by atoms with Gasteiger partial charge in [0, 0.05) is 17.9 Å². The summed E-state index contributed by atoms with van der Waals surface area (Å²) in [6.07, 6.45) is 0.852. The zero-order valence-corrected chi connectivity index (χ0v) is 9.54. The molecule has 1 rings (SSSR count). The van der Waals surface area contributed by atoms with Gasteiger partial charge in [-0.15, -0.1) is 11.6 Å². The average Bonchev–Trinajstić information content (AvgIpc) is 2.26. The molecule has 4 heteroatoms. The van der Waals surface area contributed by atoms with Gasteiger partial charge in [-0.1, -0.05) is 24.3 Å². The molecule has 0 fully saturated rings. The number of Topliss-reactive ketones (excluding diaryl/α,β-unsaturated/α-hetero) is 1. The number of benzene rings is 1. The lowest BCUT2D eigenvalue weighted by molar-refractivity contribution is -0.136. The topological polar surface area (TPSA) is 54.4 Å². The van der Waals surface area contributed by atoms with E-state index in [2.05, 4.69) is 0 Å². The third kappa shape index (κ3) is 3.66. The number of ketones is 1. The molecule has 0 spiro atoms. The maximum Gasteiger partial charge on any atom is 0.307 e. The maximum atomic E-state index is 11.8. The van der Waals surface area contributed by atoms with E-state index in [0.717, 1.165) is 0 Å². The first-order chi connectivity index (χ1) is 7.65. The molecule has 86 valence electrons. The van der Waals surface area contributed by atoms with Gasteiger partial charge in [0.15, 0.2) is 5.78 Å². The van der Waals surface area contributed by atoms with Gasteiger partial charge in [-0.25, -0.2) is 0 Å². The van der Waals surface area contributed by atoms with Crippen molar-refractivity contribution in [1.29, 1.82) is 0 Å². The number of hydrogen-bond acceptors (Lipinski definition) is 2. The van der Waals surface area contributed by atoms with Crippen LogP contribution in [0.3, 0.4) is 0 Å². The maximum absolute atomic E-state index is 11.8. The molecule has 16 heavy (non-hydrogen) atoms. The number of carboxylic acid groups (broad SMARTS) is 1. The van der Waals surface area contributed by atoms with Crippen LogP contribution in [0.1, 0.15) is 28.8 Å². The first kappa shape index (κ1) is 12.7. The lowest BCUT2D eigenvalue weighted by Crippen LogP contribution is -2.08. The molecular weight excluding hydrogens is 228 g/mol. The van der Waals surface area contributed by atoms with Gasteiger partial charge in [0.2, 0.25) is 0 Å². The lowest BCUT2D eigenvalue weighted by atomic mass is 9.99. The minimum Gasteiger partial charge on any atom is -0.481 e. The molecule has 0 radical (unpaired) electrons. The Hall–Kier alpha value is -1.35. The summed E-state index contributed by atoms with van der Waals surface area (Å²) in [5, 5.41) is 8.72. The molecule has 3 nitrogen and oxygen atoms in total. The second kappa shape index (κ2) is 6.28. The minimum absolute atomic E-state index is 0.0440. The van der Waals surface area contributed by atoms with Crippen molar-refractivity contribution >= 4 is 23.4 Å². The number of carbonyl (C=O) groups excluding carboxylic acids is 1. The van der Waals surface area contributed by atoms with Gasteiger partial charge in [-0.2, -0.15) is 0 Å². The number of aliphatic carboxylic acids is 1. The van der Waals surface area contributed by atoms with Gasteiger partial charge in [0.05, 0.1) is 6.42 Å². The summed E-state index contributed by atoms with van der Waals surface area (Å²) in [7, 11) is 0. The summed E-state index contributed by atoms with van der Waals surface area (Å²) in [5.74, 6) is -0.539. The summed E-state index contributed by atoms with van der Waals surface area (Å²) in [6, 6.07) is 6.80. The van der Waals surface area contributed by atoms with Crippen LogP contribution in [-0.2, 0) is 11.2 Å². The van der Waals surface area contributed by atoms with Crippen molar-refractivity contribution in [3.63, 3.8) is 0 Å². The van der Waals surface area contributed by atoms with E-state index in [1.165, 1.54) is 0 Å². The highest BCUT2D eigenvalue weighted by atomic mass is 35.5. The Morgan fingerprint density at radius 2 is 1.94 bits per heavy atom. The van der Waals surface area contributed by atoms with Crippen LogP contribution in [0.15, 0.2) is 24.3 Å². The smallest absolute Gasteiger partial charge is 0.307 e. The van der Waals surface area contributed by atoms with Crippen molar-refractivity contribution in [1.82, 2.24) is 0 Å². The van der Waals surface area contributed by atoms with Gasteiger partial charge in [0.1, 0.15) is 0 Å². The van der Waals surface area contributed by atoms with Gasteiger partial charge in [-0.05, 0) is 12.0 Å². The van der Waals surface area contributed by atoms with Gasteiger partial charge >= 0.3 is 5.97 Å². The molecule has 0 saturated carbocycles. The first-order valence-corrected chi connectivity index (χ1v) is 5.57. The van der Waals surface area contributed by atoms with E-state index in [1.54, 1.807) is 24.3 Å². The summed E-state index contributed by atoms with van der Waals surface area (Å²) in [5.41, 5.74) is 1.06. The molecule has 0 heterocycles. The Labute approximate surface area is 99.0 Å². The van der Waals surface area contributed by atoms with Crippen molar-refractivity contribution in [2.45, 2.75) is 19.3 Å². The summed E-state index contributed by atoms with van der Waals surface area (Å²) in [6.45, 7) is 0. The second-order valence-corrected chi connectivity index (χ2v) is 3.82. The van der Waals surface area contributed by atoms with Crippen molar-refractivity contribution < 1.29 is 14.7 Å². The van der Waals surface area contributed by atoms with Gasteiger partial charge in [0.25, 0.3) is 0 Å². The molecule has 0 unspecified atom stereocenters. The highest BCUT2D eigenvalue weighted by molar-refractivity contribution is 6.18. The highest BCUT2D eigenvalue weighted by Crippen LogP contribution is 2.13. The fraction of sp³-hybridized carbons (Fsp3) is 0.333. The number of rotatable bonds is 6. The Balaban J connectivity index is 2.85. The quantitative estimate of drug-likeness (QED) is 0.614. The van der Waals surface area contributed by atoms with Crippen LogP contribution in [0.4, 0.5) is 0 Å².